The zero-order valence-corrected chi connectivity index (χ0v) is 15.0. The van der Waals surface area contributed by atoms with E-state index in [4.69, 9.17) is 14.2 Å². The van der Waals surface area contributed by atoms with Gasteiger partial charge in [-0.2, -0.15) is 0 Å². The van der Waals surface area contributed by atoms with Gasteiger partial charge in [0.2, 0.25) is 5.91 Å². The van der Waals surface area contributed by atoms with Crippen molar-refractivity contribution in [3.8, 4) is 11.5 Å². The number of methoxy groups -OCH3 is 3. The topological polar surface area (TPSA) is 48.0 Å². The number of benzene rings is 1. The van der Waals surface area contributed by atoms with Gasteiger partial charge in [0.25, 0.3) is 0 Å². The fraction of sp³-hybridized carbons (Fsp3) is 0.632. The largest absolute Gasteiger partial charge is 0.497 e. The first-order chi connectivity index (χ1) is 11.7. The molecule has 5 heteroatoms. The lowest BCUT2D eigenvalue weighted by Gasteiger charge is -2.36. The molecule has 1 saturated heterocycles. The van der Waals surface area contributed by atoms with E-state index in [0.717, 1.165) is 50.1 Å². The summed E-state index contributed by atoms with van der Waals surface area (Å²) in [7, 11) is 4.97. The minimum absolute atomic E-state index is 0.181. The van der Waals surface area contributed by atoms with Crippen LogP contribution in [0.1, 0.15) is 37.7 Å². The van der Waals surface area contributed by atoms with Crippen LogP contribution in [0.3, 0.4) is 0 Å². The third-order valence-corrected chi connectivity index (χ3v) is 4.67. The maximum Gasteiger partial charge on any atom is 0.227 e. The highest BCUT2D eigenvalue weighted by Gasteiger charge is 2.26. The zero-order chi connectivity index (χ0) is 17.4. The van der Waals surface area contributed by atoms with Crippen LogP contribution in [0.25, 0.3) is 0 Å². The van der Waals surface area contributed by atoms with E-state index in [0.29, 0.717) is 18.2 Å². The van der Waals surface area contributed by atoms with Gasteiger partial charge in [0, 0.05) is 37.9 Å². The van der Waals surface area contributed by atoms with Crippen molar-refractivity contribution in [1.29, 1.82) is 0 Å². The van der Waals surface area contributed by atoms with Crippen LogP contribution in [0, 0.1) is 0 Å². The fourth-order valence-electron chi connectivity index (χ4n) is 3.35. The van der Waals surface area contributed by atoms with E-state index in [9.17, 15) is 4.79 Å². The third-order valence-electron chi connectivity index (χ3n) is 4.67. The van der Waals surface area contributed by atoms with Crippen LogP contribution in [-0.2, 0) is 16.0 Å². The average Bonchev–Trinajstić information content (AvgIpc) is 2.62. The molecule has 2 rings (SSSR count). The monoisotopic (exact) mass is 335 g/mol. The second-order valence-corrected chi connectivity index (χ2v) is 6.23. The van der Waals surface area contributed by atoms with Crippen molar-refractivity contribution in [3.63, 3.8) is 0 Å². The van der Waals surface area contributed by atoms with Gasteiger partial charge in [-0.25, -0.2) is 0 Å². The molecule has 1 aliphatic rings. The zero-order valence-electron chi connectivity index (χ0n) is 15.0. The molecule has 0 saturated carbocycles. The lowest BCUT2D eigenvalue weighted by molar-refractivity contribution is -0.134. The van der Waals surface area contributed by atoms with Crippen molar-refractivity contribution in [1.82, 2.24) is 4.90 Å². The first-order valence-electron chi connectivity index (χ1n) is 8.69. The van der Waals surface area contributed by atoms with E-state index in [1.165, 1.54) is 6.42 Å². The van der Waals surface area contributed by atoms with Crippen molar-refractivity contribution >= 4 is 5.91 Å². The van der Waals surface area contributed by atoms with Gasteiger partial charge in [-0.15, -0.1) is 0 Å². The van der Waals surface area contributed by atoms with E-state index in [2.05, 4.69) is 4.90 Å². The fourth-order valence-corrected chi connectivity index (χ4v) is 3.35. The molecular formula is C19H29NO4. The standard InChI is InChI=1S/C19H29NO4/c1-22-12-6-8-16-7-4-5-11-20(16)19(21)13-15-9-10-17(23-2)14-18(15)24-3/h9-10,14,16H,4-8,11-13H2,1-3H3. The van der Waals surface area contributed by atoms with Gasteiger partial charge in [-0.05, 0) is 38.2 Å². The minimum Gasteiger partial charge on any atom is -0.497 e. The summed E-state index contributed by atoms with van der Waals surface area (Å²) in [5.74, 6) is 1.62. The van der Waals surface area contributed by atoms with Gasteiger partial charge in [0.05, 0.1) is 20.6 Å². The van der Waals surface area contributed by atoms with E-state index < -0.39 is 0 Å². The van der Waals surface area contributed by atoms with Crippen LogP contribution in [0.4, 0.5) is 0 Å². The van der Waals surface area contributed by atoms with Crippen LogP contribution in [-0.4, -0.2) is 51.3 Å². The molecule has 0 radical (unpaired) electrons. The highest BCUT2D eigenvalue weighted by molar-refractivity contribution is 5.80. The molecule has 1 amide bonds. The minimum atomic E-state index is 0.181. The van der Waals surface area contributed by atoms with Gasteiger partial charge < -0.3 is 19.1 Å². The Labute approximate surface area is 144 Å². The molecule has 0 aromatic heterocycles. The van der Waals surface area contributed by atoms with Gasteiger partial charge >= 0.3 is 0 Å². The number of ether oxygens (including phenoxy) is 3. The summed E-state index contributed by atoms with van der Waals surface area (Å²) >= 11 is 0. The third kappa shape index (κ3) is 4.87. The summed E-state index contributed by atoms with van der Waals surface area (Å²) < 4.78 is 15.8. The molecule has 0 N–H and O–H groups in total. The number of amides is 1. The second kappa shape index (κ2) is 9.52. The first-order valence-corrected chi connectivity index (χ1v) is 8.69. The number of nitrogens with zero attached hydrogens (tertiary/aromatic N) is 1. The Morgan fingerprint density at radius 3 is 2.75 bits per heavy atom. The normalized spacial score (nSPS) is 17.6. The maximum absolute atomic E-state index is 12.8. The van der Waals surface area contributed by atoms with Crippen molar-refractivity contribution in [3.05, 3.63) is 23.8 Å². The highest BCUT2D eigenvalue weighted by atomic mass is 16.5. The molecule has 1 aromatic rings. The van der Waals surface area contributed by atoms with Gasteiger partial charge in [0.15, 0.2) is 0 Å². The summed E-state index contributed by atoms with van der Waals surface area (Å²) in [6, 6.07) is 5.96. The lowest BCUT2D eigenvalue weighted by Crippen LogP contribution is -2.44. The molecule has 24 heavy (non-hydrogen) atoms. The highest BCUT2D eigenvalue weighted by Crippen LogP contribution is 2.27. The predicted octanol–water partition coefficient (Wildman–Crippen LogP) is 3.05. The Morgan fingerprint density at radius 2 is 2.04 bits per heavy atom. The van der Waals surface area contributed by atoms with Crippen molar-refractivity contribution in [2.45, 2.75) is 44.6 Å². The Bertz CT molecular complexity index is 532. The molecule has 1 atom stereocenters. The van der Waals surface area contributed by atoms with Crippen molar-refractivity contribution in [2.24, 2.45) is 0 Å². The van der Waals surface area contributed by atoms with Crippen LogP contribution < -0.4 is 9.47 Å². The average molecular weight is 335 g/mol. The lowest BCUT2D eigenvalue weighted by atomic mass is 9.97. The molecule has 134 valence electrons. The molecule has 0 bridgehead atoms. The van der Waals surface area contributed by atoms with Crippen LogP contribution in [0.15, 0.2) is 18.2 Å². The number of rotatable bonds is 8. The van der Waals surface area contributed by atoms with Crippen LogP contribution >= 0.6 is 0 Å². The molecule has 0 aliphatic carbocycles. The van der Waals surface area contributed by atoms with E-state index in [1.54, 1.807) is 21.3 Å². The number of carbonyl (C=O) groups excluding carboxylic acids is 1. The molecule has 5 nitrogen and oxygen atoms in total. The summed E-state index contributed by atoms with van der Waals surface area (Å²) in [6.45, 7) is 1.61. The SMILES string of the molecule is COCCCC1CCCCN1C(=O)Cc1ccc(OC)cc1OC. The van der Waals surface area contributed by atoms with Gasteiger partial charge in [-0.3, -0.25) is 4.79 Å². The Hall–Kier alpha value is -1.75. The molecule has 0 spiro atoms. The van der Waals surface area contributed by atoms with E-state index >= 15 is 0 Å². The number of piperidine rings is 1. The number of carbonyl (C=O) groups is 1. The number of hydrogen-bond acceptors (Lipinski definition) is 4. The Morgan fingerprint density at radius 1 is 1.21 bits per heavy atom. The smallest absolute Gasteiger partial charge is 0.227 e. The molecule has 1 unspecified atom stereocenters. The second-order valence-electron chi connectivity index (χ2n) is 6.23. The molecule has 1 aromatic carbocycles. The molecule has 1 fully saturated rings. The molecular weight excluding hydrogens is 306 g/mol. The van der Waals surface area contributed by atoms with Gasteiger partial charge in [-0.1, -0.05) is 6.07 Å². The maximum atomic E-state index is 12.8. The van der Waals surface area contributed by atoms with Gasteiger partial charge in [0.1, 0.15) is 11.5 Å². The predicted molar refractivity (Wildman–Crippen MR) is 93.7 cm³/mol. The first kappa shape index (κ1) is 18.6. The molecule has 1 heterocycles. The van der Waals surface area contributed by atoms with Crippen LogP contribution in [0.2, 0.25) is 0 Å². The van der Waals surface area contributed by atoms with E-state index in [-0.39, 0.29) is 5.91 Å². The summed E-state index contributed by atoms with van der Waals surface area (Å²) in [4.78, 5) is 14.9. The van der Waals surface area contributed by atoms with Crippen molar-refractivity contribution in [2.75, 3.05) is 34.5 Å². The summed E-state index contributed by atoms with van der Waals surface area (Å²) in [6.07, 6.45) is 5.76. The Balaban J connectivity index is 2.03. The van der Waals surface area contributed by atoms with Crippen molar-refractivity contribution < 1.29 is 19.0 Å². The Kier molecular flexibility index (Phi) is 7.37. The number of likely N-dealkylation sites (tertiary alicyclic amines) is 1. The quantitative estimate of drug-likeness (QED) is 0.685. The summed E-state index contributed by atoms with van der Waals surface area (Å²) in [5, 5.41) is 0. The molecule has 1 aliphatic heterocycles. The van der Waals surface area contributed by atoms with Crippen LogP contribution in [0.5, 0.6) is 11.5 Å². The number of hydrogen-bond donors (Lipinski definition) is 0. The summed E-state index contributed by atoms with van der Waals surface area (Å²) in [5.41, 5.74) is 0.907. The van der Waals surface area contributed by atoms with E-state index in [1.807, 2.05) is 18.2 Å².